The van der Waals surface area contributed by atoms with Crippen LogP contribution in [0.25, 0.3) is 43.3 Å². The third-order valence-electron chi connectivity index (χ3n) is 6.47. The summed E-state index contributed by atoms with van der Waals surface area (Å²) in [5.41, 5.74) is 5.58. The lowest BCUT2D eigenvalue weighted by atomic mass is 9.90. The van der Waals surface area contributed by atoms with Crippen molar-refractivity contribution in [2.75, 3.05) is 0 Å². The molecule has 0 bridgehead atoms. The van der Waals surface area contributed by atoms with Gasteiger partial charge in [-0.25, -0.2) is 20.2 Å². The number of hydrogen-bond acceptors (Lipinski definition) is 3. The van der Waals surface area contributed by atoms with Crippen molar-refractivity contribution >= 4 is 11.4 Å². The first-order valence-electron chi connectivity index (χ1n) is 10.7. The van der Waals surface area contributed by atoms with Gasteiger partial charge in [0.2, 0.25) is 0 Å². The van der Waals surface area contributed by atoms with Crippen LogP contribution in [0.4, 0.5) is 13.2 Å². The van der Waals surface area contributed by atoms with E-state index >= 15 is 0 Å². The summed E-state index contributed by atoms with van der Waals surface area (Å²) in [6, 6.07) is 13.7. The minimum Gasteiger partial charge on any atom is -0.406 e. The molecule has 8 heteroatoms. The summed E-state index contributed by atoms with van der Waals surface area (Å²) in [5, 5.41) is 20.4. The lowest BCUT2D eigenvalue weighted by Crippen LogP contribution is -2.25. The number of halogens is 3. The fraction of sp³-hybridized carbons (Fsp3) is 0.143. The lowest BCUT2D eigenvalue weighted by Gasteiger charge is -2.14. The summed E-state index contributed by atoms with van der Waals surface area (Å²) in [7, 11) is 0. The summed E-state index contributed by atoms with van der Waals surface area (Å²) in [4.78, 5) is 6.91. The number of aryl methyl sites for hydroxylation is 1. The highest BCUT2D eigenvalue weighted by Gasteiger charge is 2.34. The number of ether oxygens (including phenoxy) is 1. The fourth-order valence-electron chi connectivity index (χ4n) is 5.20. The van der Waals surface area contributed by atoms with Crippen LogP contribution in [0.2, 0.25) is 0 Å². The molecule has 0 saturated carbocycles. The third kappa shape index (κ3) is 3.37. The van der Waals surface area contributed by atoms with E-state index in [9.17, 15) is 23.7 Å². The Labute approximate surface area is 203 Å². The van der Waals surface area contributed by atoms with E-state index in [1.807, 2.05) is 37.3 Å². The molecule has 36 heavy (non-hydrogen) atoms. The molecule has 2 aliphatic carbocycles. The second-order valence-corrected chi connectivity index (χ2v) is 8.48. The number of rotatable bonds is 1. The van der Waals surface area contributed by atoms with Gasteiger partial charge in [0, 0.05) is 10.4 Å². The summed E-state index contributed by atoms with van der Waals surface area (Å²) < 4.78 is 43.0. The van der Waals surface area contributed by atoms with Gasteiger partial charge < -0.3 is 4.74 Å². The molecule has 0 heterocycles. The van der Waals surface area contributed by atoms with E-state index in [1.54, 1.807) is 0 Å². The Bertz CT molecular complexity index is 1770. The molecule has 0 saturated heterocycles. The quantitative estimate of drug-likeness (QED) is 0.314. The maximum absolute atomic E-state index is 12.9. The molecule has 0 amide bonds. The largest absolute Gasteiger partial charge is 0.573 e. The highest BCUT2D eigenvalue weighted by atomic mass is 19.4. The van der Waals surface area contributed by atoms with Crippen molar-refractivity contribution in [2.24, 2.45) is 0 Å². The van der Waals surface area contributed by atoms with Crippen molar-refractivity contribution in [1.29, 1.82) is 10.5 Å². The molecule has 0 spiro atoms. The fourth-order valence-corrected chi connectivity index (χ4v) is 5.20. The van der Waals surface area contributed by atoms with Gasteiger partial charge in [-0.2, -0.15) is 0 Å². The van der Waals surface area contributed by atoms with Crippen molar-refractivity contribution in [3.8, 4) is 40.1 Å². The van der Waals surface area contributed by atoms with E-state index in [2.05, 4.69) is 14.4 Å². The number of benzene rings is 3. The molecular weight excluding hydrogens is 465 g/mol. The molecule has 0 aliphatic heterocycles. The van der Waals surface area contributed by atoms with Crippen LogP contribution in [0.3, 0.4) is 0 Å². The molecule has 5 nitrogen and oxygen atoms in total. The van der Waals surface area contributed by atoms with Crippen LogP contribution in [-0.4, -0.2) is 6.36 Å². The van der Waals surface area contributed by atoms with Crippen LogP contribution >= 0.6 is 0 Å². The molecule has 0 fully saturated rings. The van der Waals surface area contributed by atoms with Gasteiger partial charge in [0.15, 0.2) is 0 Å². The maximum Gasteiger partial charge on any atom is 0.573 e. The average Bonchev–Trinajstić information content (AvgIpc) is 3.38. The van der Waals surface area contributed by atoms with E-state index in [4.69, 9.17) is 13.1 Å². The van der Waals surface area contributed by atoms with Crippen LogP contribution in [-0.2, 0) is 12.8 Å². The number of nitrogens with zero attached hydrogens (tertiary/aromatic N) is 4. The summed E-state index contributed by atoms with van der Waals surface area (Å²) in [6.07, 6.45) is -4.31. The highest BCUT2D eigenvalue weighted by Crippen LogP contribution is 2.42. The molecule has 0 atom stereocenters. The minimum atomic E-state index is -4.90. The first-order chi connectivity index (χ1) is 17.2. The van der Waals surface area contributed by atoms with Gasteiger partial charge in [0.1, 0.15) is 5.75 Å². The van der Waals surface area contributed by atoms with Crippen molar-refractivity contribution in [3.05, 3.63) is 97.5 Å². The topological polar surface area (TPSA) is 65.5 Å². The van der Waals surface area contributed by atoms with Crippen LogP contribution in [0.1, 0.15) is 27.8 Å². The SMILES string of the molecule is [C-]#[N+]/C(C#N)=c1/c2c(/c(=C(\C#N)[N+]#[C-])c3c1-c1cc(C)ccc1C3)-c1cc(OC(F)(F)F)ccc1C2. The Kier molecular flexibility index (Phi) is 5.06. The molecule has 3 aromatic carbocycles. The molecule has 5 rings (SSSR count). The zero-order valence-electron chi connectivity index (χ0n) is 18.7. The molecule has 0 N–H and O–H groups in total. The Morgan fingerprint density at radius 1 is 0.861 bits per heavy atom. The van der Waals surface area contributed by atoms with Crippen molar-refractivity contribution in [1.82, 2.24) is 0 Å². The van der Waals surface area contributed by atoms with E-state index < -0.39 is 12.1 Å². The second kappa shape index (κ2) is 8.02. The predicted molar refractivity (Wildman–Crippen MR) is 125 cm³/mol. The first-order valence-corrected chi connectivity index (χ1v) is 10.7. The Balaban J connectivity index is 2.02. The van der Waals surface area contributed by atoms with Gasteiger partial charge in [0.05, 0.1) is 25.3 Å². The third-order valence-corrected chi connectivity index (χ3v) is 6.47. The Hall–Kier alpha value is -5.05. The standard InChI is InChI=1S/C28H13F3N4O/c1-14-4-5-15-9-20-24(18(15)8-14)26(22(12-32)34-2)21-10-16-6-7-17(36-28(29,30)31)11-19(16)25(21)27(20)23(13-33)35-3/h4-8,11H,9-10H2,1H3/b26-22-,27-23+. The average molecular weight is 478 g/mol. The van der Waals surface area contributed by atoms with Crippen LogP contribution in [0, 0.1) is 42.7 Å². The van der Waals surface area contributed by atoms with Gasteiger partial charge >= 0.3 is 6.36 Å². The van der Waals surface area contributed by atoms with Crippen LogP contribution in [0.15, 0.2) is 36.4 Å². The smallest absolute Gasteiger partial charge is 0.406 e. The van der Waals surface area contributed by atoms with E-state index in [-0.39, 0.29) is 17.8 Å². The van der Waals surface area contributed by atoms with Crippen LogP contribution in [0.5, 0.6) is 5.75 Å². The molecule has 0 radical (unpaired) electrons. The first kappa shape index (κ1) is 22.7. The van der Waals surface area contributed by atoms with Crippen molar-refractivity contribution < 1.29 is 17.9 Å². The second-order valence-electron chi connectivity index (χ2n) is 8.48. The Morgan fingerprint density at radius 2 is 1.36 bits per heavy atom. The normalized spacial score (nSPS) is 14.1. The van der Waals surface area contributed by atoms with Gasteiger partial charge in [-0.3, -0.25) is 0 Å². The number of alkyl halides is 3. The van der Waals surface area contributed by atoms with Crippen molar-refractivity contribution in [2.45, 2.75) is 26.1 Å². The zero-order valence-corrected chi connectivity index (χ0v) is 18.7. The van der Waals surface area contributed by atoms with E-state index in [1.165, 1.54) is 18.2 Å². The molecule has 0 unspecified atom stereocenters. The van der Waals surface area contributed by atoms with Gasteiger partial charge in [0.25, 0.3) is 11.4 Å². The number of fused-ring (bicyclic) bond motifs is 6. The maximum atomic E-state index is 12.9. The summed E-state index contributed by atoms with van der Waals surface area (Å²) in [6.45, 7) is 17.2. The van der Waals surface area contributed by atoms with Gasteiger partial charge in [-0.1, -0.05) is 29.8 Å². The van der Waals surface area contributed by atoms with Gasteiger partial charge in [-0.15, -0.1) is 13.2 Å². The highest BCUT2D eigenvalue weighted by molar-refractivity contribution is 5.92. The predicted octanol–water partition coefficient (Wildman–Crippen LogP) is 5.14. The number of nitriles is 2. The molecule has 3 aromatic rings. The Morgan fingerprint density at radius 3 is 1.83 bits per heavy atom. The molecule has 2 aliphatic rings. The minimum absolute atomic E-state index is 0.149. The van der Waals surface area contributed by atoms with E-state index in [0.717, 1.165) is 16.7 Å². The van der Waals surface area contributed by atoms with Crippen molar-refractivity contribution in [3.63, 3.8) is 0 Å². The van der Waals surface area contributed by atoms with Gasteiger partial charge in [-0.05, 0) is 76.4 Å². The van der Waals surface area contributed by atoms with E-state index in [0.29, 0.717) is 50.2 Å². The summed E-state index contributed by atoms with van der Waals surface area (Å²) >= 11 is 0. The molecule has 0 aromatic heterocycles. The van der Waals surface area contributed by atoms with Crippen LogP contribution < -0.4 is 15.2 Å². The lowest BCUT2D eigenvalue weighted by molar-refractivity contribution is -0.274. The molecule has 172 valence electrons. The zero-order chi connectivity index (χ0) is 25.8. The summed E-state index contributed by atoms with van der Waals surface area (Å²) in [5.74, 6) is -0.433. The monoisotopic (exact) mass is 478 g/mol. The molecular formula is C28H13F3N4O. The number of hydrogen-bond donors (Lipinski definition) is 0.